The molecule has 0 spiro atoms. The molecule has 0 aliphatic carbocycles. The molecule has 0 aromatic heterocycles. The topological polar surface area (TPSA) is 0 Å². The van der Waals surface area contributed by atoms with Crippen molar-refractivity contribution in [3.63, 3.8) is 0 Å². The van der Waals surface area contributed by atoms with E-state index in [0.29, 0.717) is 0 Å². The fraction of sp³-hybridized carbons (Fsp3) is 0.188. The normalized spacial score (nSPS) is 9.81. The van der Waals surface area contributed by atoms with E-state index < -0.39 is 0 Å². The molecule has 0 fully saturated rings. The predicted molar refractivity (Wildman–Crippen MR) is 236 cm³/mol. The molecule has 0 aliphatic rings. The number of rotatable bonds is 5. The van der Waals surface area contributed by atoms with Crippen LogP contribution in [0.4, 0.5) is 0 Å². The van der Waals surface area contributed by atoms with Gasteiger partial charge in [0.25, 0.3) is 0 Å². The second-order valence-corrected chi connectivity index (χ2v) is 12.4. The summed E-state index contributed by atoms with van der Waals surface area (Å²) in [6, 6.07) is 52.5. The Kier molecular flexibility index (Phi) is 21.1. The van der Waals surface area contributed by atoms with E-state index in [1.807, 2.05) is 0 Å². The van der Waals surface area contributed by atoms with Gasteiger partial charge in [0.15, 0.2) is 0 Å². The third-order valence-electron chi connectivity index (χ3n) is 8.91. The first-order valence-corrected chi connectivity index (χ1v) is 17.6. The zero-order chi connectivity index (χ0) is 33.9. The van der Waals surface area contributed by atoms with Crippen LogP contribution in [0.3, 0.4) is 0 Å². The summed E-state index contributed by atoms with van der Waals surface area (Å²) in [5.74, 6) is 0. The summed E-state index contributed by atoms with van der Waals surface area (Å²) in [5, 5.41) is 10.6. The van der Waals surface area contributed by atoms with Crippen LogP contribution in [0.1, 0.15) is 57.6 Å². The van der Waals surface area contributed by atoms with E-state index in [0.717, 1.165) is 0 Å². The van der Waals surface area contributed by atoms with E-state index >= 15 is 0 Å². The van der Waals surface area contributed by atoms with Crippen LogP contribution >= 0.6 is 24.8 Å². The van der Waals surface area contributed by atoms with E-state index in [2.05, 4.69) is 180 Å². The minimum atomic E-state index is 0. The molecular weight excluding hydrogens is 767 g/mol. The Balaban J connectivity index is 0.000000407. The summed E-state index contributed by atoms with van der Waals surface area (Å²) < 4.78 is 0. The fourth-order valence-electron chi connectivity index (χ4n) is 6.66. The van der Waals surface area contributed by atoms with E-state index in [-0.39, 0.29) is 62.0 Å². The monoisotopic (exact) mass is 815 g/mol. The van der Waals surface area contributed by atoms with Gasteiger partial charge in [-0.3, -0.25) is 0 Å². The van der Waals surface area contributed by atoms with Crippen molar-refractivity contribution in [2.75, 3.05) is 0 Å². The first kappa shape index (κ1) is 46.8. The number of hydrogen-bond donors (Lipinski definition) is 0. The predicted octanol–water partition coefficient (Wildman–Crippen LogP) is 15.3. The summed E-state index contributed by atoms with van der Waals surface area (Å²) in [7, 11) is 0. The quantitative estimate of drug-likeness (QED) is 0.0922. The molecule has 0 N–H and O–H groups in total. The van der Waals surface area contributed by atoms with Crippen LogP contribution in [-0.4, -0.2) is 11.0 Å². The molecular formula is C48H51Cl2SiZr. The van der Waals surface area contributed by atoms with Gasteiger partial charge in [0, 0.05) is 11.0 Å². The molecule has 0 nitrogen and oxygen atoms in total. The minimum absolute atomic E-state index is 0. The molecule has 5 radical (unpaired) electrons. The Bertz CT molecular complexity index is 2060. The molecule has 8 rings (SSSR count). The zero-order valence-corrected chi connectivity index (χ0v) is 36.3. The van der Waals surface area contributed by atoms with Crippen molar-refractivity contribution in [1.82, 2.24) is 0 Å². The summed E-state index contributed by atoms with van der Waals surface area (Å²) in [5.41, 5.74) is 7.94. The zero-order valence-electron chi connectivity index (χ0n) is 31.2. The van der Waals surface area contributed by atoms with Gasteiger partial charge in [-0.25, -0.2) is 0 Å². The van der Waals surface area contributed by atoms with Crippen molar-refractivity contribution >= 4 is 78.9 Å². The molecule has 0 amide bonds. The molecule has 265 valence electrons. The number of fused-ring (bicyclic) bond motifs is 4. The molecule has 0 heterocycles. The van der Waals surface area contributed by atoms with E-state index in [4.69, 9.17) is 0 Å². The Morgan fingerprint density at radius 2 is 0.750 bits per heavy atom. The Labute approximate surface area is 348 Å². The number of aryl methyl sites for hydroxylation is 2. The van der Waals surface area contributed by atoms with Crippen molar-refractivity contribution in [1.29, 1.82) is 0 Å². The van der Waals surface area contributed by atoms with Crippen LogP contribution in [0.15, 0.2) is 146 Å². The van der Waals surface area contributed by atoms with Gasteiger partial charge in [-0.05, 0) is 32.7 Å². The number of benzene rings is 6. The van der Waals surface area contributed by atoms with Crippen molar-refractivity contribution < 1.29 is 26.2 Å². The van der Waals surface area contributed by atoms with Gasteiger partial charge in [0.05, 0.1) is 0 Å². The van der Waals surface area contributed by atoms with Crippen LogP contribution in [-0.2, 0) is 26.2 Å². The average molecular weight is 818 g/mol. The molecule has 0 bridgehead atoms. The maximum Gasteiger partial charge on any atom is 3.00 e. The average Bonchev–Trinajstić information content (AvgIpc) is 3.72. The van der Waals surface area contributed by atoms with Gasteiger partial charge < -0.3 is 6.92 Å². The second-order valence-electron chi connectivity index (χ2n) is 12.4. The molecule has 0 saturated carbocycles. The summed E-state index contributed by atoms with van der Waals surface area (Å²) in [6.45, 7) is 13.8. The van der Waals surface area contributed by atoms with Gasteiger partial charge in [0.2, 0.25) is 0 Å². The van der Waals surface area contributed by atoms with Crippen LogP contribution < -0.4 is 0 Å². The SMILES string of the molecule is CCCCCC.Cc1cc2c(-c3cccc4ccccc34)cccc2[cH-]1.Cc1cc2c(-c3cccc4ccccc34)cccc2[cH-]1.Cl.Cl.[CH2-]C.[Si].[Zr+3]. The van der Waals surface area contributed by atoms with Crippen LogP contribution in [0.25, 0.3) is 65.3 Å². The van der Waals surface area contributed by atoms with Crippen LogP contribution in [0.5, 0.6) is 0 Å². The summed E-state index contributed by atoms with van der Waals surface area (Å²) >= 11 is 0. The van der Waals surface area contributed by atoms with Gasteiger partial charge in [-0.2, -0.15) is 19.1 Å². The largest absolute Gasteiger partial charge is 3.00 e. The van der Waals surface area contributed by atoms with Gasteiger partial charge in [0.1, 0.15) is 0 Å². The second kappa shape index (κ2) is 23.4. The molecule has 8 aromatic carbocycles. The Hall–Kier alpha value is -3.26. The summed E-state index contributed by atoms with van der Waals surface area (Å²) in [6.07, 6.45) is 5.54. The standard InChI is InChI=1S/2C20H15.C6H14.C2H5.2ClH.Si.Zr/c2*1-14-12-16-8-5-11-19(20(16)13-14)18-10-4-7-15-6-2-3-9-17(15)18;1-3-5-6-4-2;1-2;;;;/h2*2-13H,1H3;3-6H2,1-2H3;1H2,2H3;2*1H;;/q2*-1;;-1;;;;+3. The third kappa shape index (κ3) is 11.1. The molecule has 0 saturated heterocycles. The van der Waals surface area contributed by atoms with Gasteiger partial charge in [-0.15, -0.1) is 93.9 Å². The molecule has 4 heteroatoms. The van der Waals surface area contributed by atoms with Gasteiger partial charge >= 0.3 is 26.2 Å². The first-order valence-electron chi connectivity index (χ1n) is 17.6. The number of hydrogen-bond acceptors (Lipinski definition) is 0. The molecule has 8 aromatic rings. The van der Waals surface area contributed by atoms with Crippen LogP contribution in [0.2, 0.25) is 0 Å². The van der Waals surface area contributed by atoms with E-state index in [1.165, 1.54) is 102 Å². The first-order chi connectivity index (χ1) is 23.6. The molecule has 0 unspecified atom stereocenters. The maximum atomic E-state index is 3.25. The van der Waals surface area contributed by atoms with Crippen LogP contribution in [0, 0.1) is 20.8 Å². The number of unbranched alkanes of at least 4 members (excludes halogenated alkanes) is 3. The maximum absolute atomic E-state index is 3.25. The Morgan fingerprint density at radius 3 is 1.12 bits per heavy atom. The molecule has 0 aliphatic heterocycles. The van der Waals surface area contributed by atoms with Crippen molar-refractivity contribution in [3.05, 3.63) is 164 Å². The van der Waals surface area contributed by atoms with Gasteiger partial charge in [-0.1, -0.05) is 162 Å². The fourth-order valence-corrected chi connectivity index (χ4v) is 6.66. The van der Waals surface area contributed by atoms with Crippen molar-refractivity contribution in [2.45, 2.75) is 60.3 Å². The third-order valence-corrected chi connectivity index (χ3v) is 8.91. The molecule has 0 atom stereocenters. The smallest absolute Gasteiger partial charge is 0.346 e. The summed E-state index contributed by atoms with van der Waals surface area (Å²) in [4.78, 5) is 0. The van der Waals surface area contributed by atoms with Crippen molar-refractivity contribution in [3.8, 4) is 22.3 Å². The minimum Gasteiger partial charge on any atom is -0.346 e. The van der Waals surface area contributed by atoms with E-state index in [1.54, 1.807) is 6.92 Å². The van der Waals surface area contributed by atoms with Crippen molar-refractivity contribution in [2.24, 2.45) is 0 Å². The number of halogens is 2. The molecule has 52 heavy (non-hydrogen) atoms. The van der Waals surface area contributed by atoms with E-state index in [9.17, 15) is 0 Å². The Morgan fingerprint density at radius 1 is 0.442 bits per heavy atom.